The Bertz CT molecular complexity index is 783. The van der Waals surface area contributed by atoms with Crippen molar-refractivity contribution >= 4 is 28.8 Å². The minimum atomic E-state index is -0.424. The molecule has 6 heteroatoms. The molecule has 138 valence electrons. The highest BCUT2D eigenvalue weighted by Gasteiger charge is 2.35. The van der Waals surface area contributed by atoms with Crippen molar-refractivity contribution in [3.8, 4) is 5.75 Å². The lowest BCUT2D eigenvalue weighted by atomic mass is 10.0. The number of carbonyl (C=O) groups excluding carboxylic acids is 2. The second kappa shape index (κ2) is 7.91. The summed E-state index contributed by atoms with van der Waals surface area (Å²) >= 11 is 1.46. The van der Waals surface area contributed by atoms with Gasteiger partial charge in [-0.3, -0.25) is 9.59 Å². The highest BCUT2D eigenvalue weighted by Crippen LogP contribution is 2.29. The van der Waals surface area contributed by atoms with Crippen LogP contribution in [0.5, 0.6) is 5.75 Å². The number of benzene rings is 1. The standard InChI is InChI=1S/C20H24N2O3S/c1-13(2)16-10-12-26-18(16)20(24)22-11-4-5-17(22)19(23)21-14-6-8-15(25-3)9-7-14/h6-10,12-13,17H,4-5,11H2,1-3H3,(H,21,23). The van der Waals surface area contributed by atoms with E-state index in [1.54, 1.807) is 36.3 Å². The lowest BCUT2D eigenvalue weighted by Crippen LogP contribution is -2.43. The summed E-state index contributed by atoms with van der Waals surface area (Å²) in [5, 5.41) is 4.87. The van der Waals surface area contributed by atoms with Crippen LogP contribution in [-0.2, 0) is 4.79 Å². The van der Waals surface area contributed by atoms with Gasteiger partial charge in [0.1, 0.15) is 11.8 Å². The van der Waals surface area contributed by atoms with E-state index >= 15 is 0 Å². The summed E-state index contributed by atoms with van der Waals surface area (Å²) < 4.78 is 5.13. The van der Waals surface area contributed by atoms with Gasteiger partial charge in [0.25, 0.3) is 5.91 Å². The Hall–Kier alpha value is -2.34. The monoisotopic (exact) mass is 372 g/mol. The molecule has 2 aromatic rings. The van der Waals surface area contributed by atoms with Crippen LogP contribution >= 0.6 is 11.3 Å². The molecular formula is C20H24N2O3S. The number of hydrogen-bond acceptors (Lipinski definition) is 4. The maximum Gasteiger partial charge on any atom is 0.264 e. The zero-order valence-corrected chi connectivity index (χ0v) is 16.1. The Morgan fingerprint density at radius 1 is 1.23 bits per heavy atom. The van der Waals surface area contributed by atoms with E-state index in [0.29, 0.717) is 18.7 Å². The van der Waals surface area contributed by atoms with E-state index in [2.05, 4.69) is 19.2 Å². The van der Waals surface area contributed by atoms with Crippen molar-refractivity contribution in [2.24, 2.45) is 0 Å². The average molecular weight is 372 g/mol. The van der Waals surface area contributed by atoms with Gasteiger partial charge in [0, 0.05) is 12.2 Å². The molecule has 2 heterocycles. The molecule has 0 saturated carbocycles. The molecule has 1 unspecified atom stereocenters. The fraction of sp³-hybridized carbons (Fsp3) is 0.400. The number of hydrogen-bond donors (Lipinski definition) is 1. The zero-order valence-electron chi connectivity index (χ0n) is 15.3. The molecule has 26 heavy (non-hydrogen) atoms. The zero-order chi connectivity index (χ0) is 18.7. The van der Waals surface area contributed by atoms with Gasteiger partial charge in [-0.05, 0) is 60.0 Å². The number of anilines is 1. The third kappa shape index (κ3) is 3.75. The number of thiophene rings is 1. The number of methoxy groups -OCH3 is 1. The van der Waals surface area contributed by atoms with Crippen LogP contribution in [0.2, 0.25) is 0 Å². The molecule has 1 fully saturated rings. The van der Waals surface area contributed by atoms with Crippen molar-refractivity contribution in [1.29, 1.82) is 0 Å². The van der Waals surface area contributed by atoms with Crippen LogP contribution in [-0.4, -0.2) is 36.4 Å². The van der Waals surface area contributed by atoms with Gasteiger partial charge < -0.3 is 15.0 Å². The highest BCUT2D eigenvalue weighted by atomic mass is 32.1. The molecule has 0 radical (unpaired) electrons. The Balaban J connectivity index is 1.73. The van der Waals surface area contributed by atoms with Crippen LogP contribution in [0.25, 0.3) is 0 Å². The van der Waals surface area contributed by atoms with Crippen molar-refractivity contribution in [2.45, 2.75) is 38.6 Å². The number of carbonyl (C=O) groups is 2. The molecule has 1 aliphatic rings. The molecule has 1 atom stereocenters. The number of rotatable bonds is 5. The molecule has 2 amide bonds. The largest absolute Gasteiger partial charge is 0.497 e. The molecule has 1 aromatic heterocycles. The second-order valence-electron chi connectivity index (χ2n) is 6.73. The quantitative estimate of drug-likeness (QED) is 0.859. The van der Waals surface area contributed by atoms with E-state index in [1.807, 2.05) is 11.4 Å². The number of nitrogens with zero attached hydrogens (tertiary/aromatic N) is 1. The molecule has 5 nitrogen and oxygen atoms in total. The maximum atomic E-state index is 13.0. The summed E-state index contributed by atoms with van der Waals surface area (Å²) in [6, 6.07) is 8.78. The van der Waals surface area contributed by atoms with E-state index in [-0.39, 0.29) is 17.7 Å². The fourth-order valence-corrected chi connectivity index (χ4v) is 4.27. The lowest BCUT2D eigenvalue weighted by Gasteiger charge is -2.24. The Morgan fingerprint density at radius 2 is 1.96 bits per heavy atom. The lowest BCUT2D eigenvalue weighted by molar-refractivity contribution is -0.119. The SMILES string of the molecule is COc1ccc(NC(=O)C2CCCN2C(=O)c2sccc2C(C)C)cc1. The third-order valence-electron chi connectivity index (χ3n) is 4.69. The first-order valence-corrected chi connectivity index (χ1v) is 9.72. The summed E-state index contributed by atoms with van der Waals surface area (Å²) in [5.41, 5.74) is 1.76. The van der Waals surface area contributed by atoms with E-state index in [0.717, 1.165) is 22.6 Å². The Kier molecular flexibility index (Phi) is 5.61. The number of amides is 2. The summed E-state index contributed by atoms with van der Waals surface area (Å²) in [7, 11) is 1.60. The van der Waals surface area contributed by atoms with Gasteiger partial charge in [0.15, 0.2) is 0 Å². The fourth-order valence-electron chi connectivity index (χ4n) is 3.26. The number of nitrogens with one attached hydrogen (secondary N) is 1. The molecule has 0 bridgehead atoms. The van der Waals surface area contributed by atoms with E-state index < -0.39 is 6.04 Å². The summed E-state index contributed by atoms with van der Waals surface area (Å²) in [5.74, 6) is 0.855. The Labute approximate surface area is 158 Å². The molecule has 0 spiro atoms. The van der Waals surface area contributed by atoms with Crippen LogP contribution in [0, 0.1) is 0 Å². The second-order valence-corrected chi connectivity index (χ2v) is 7.65. The highest BCUT2D eigenvalue weighted by molar-refractivity contribution is 7.12. The van der Waals surface area contributed by atoms with Gasteiger partial charge in [-0.2, -0.15) is 0 Å². The molecule has 1 saturated heterocycles. The topological polar surface area (TPSA) is 58.6 Å². The maximum absolute atomic E-state index is 13.0. The van der Waals surface area contributed by atoms with E-state index in [1.165, 1.54) is 11.3 Å². The number of likely N-dealkylation sites (tertiary alicyclic amines) is 1. The predicted molar refractivity (Wildman–Crippen MR) is 104 cm³/mol. The summed E-state index contributed by atoms with van der Waals surface area (Å²) in [4.78, 5) is 28.2. The normalized spacial score (nSPS) is 16.8. The first-order chi connectivity index (χ1) is 12.5. The summed E-state index contributed by atoms with van der Waals surface area (Å²) in [6.07, 6.45) is 1.53. The van der Waals surface area contributed by atoms with Gasteiger partial charge in [0.05, 0.1) is 12.0 Å². The van der Waals surface area contributed by atoms with Gasteiger partial charge in [-0.15, -0.1) is 11.3 Å². The van der Waals surface area contributed by atoms with Crippen LogP contribution in [0.4, 0.5) is 5.69 Å². The van der Waals surface area contributed by atoms with Crippen LogP contribution in [0.1, 0.15) is 47.8 Å². The van der Waals surface area contributed by atoms with E-state index in [9.17, 15) is 9.59 Å². The molecule has 1 aromatic carbocycles. The van der Waals surface area contributed by atoms with Crippen molar-refractivity contribution in [3.63, 3.8) is 0 Å². The van der Waals surface area contributed by atoms with Crippen molar-refractivity contribution in [1.82, 2.24) is 4.90 Å². The molecule has 1 N–H and O–H groups in total. The first kappa shape index (κ1) is 18.5. The van der Waals surface area contributed by atoms with Crippen molar-refractivity contribution in [3.05, 3.63) is 46.2 Å². The molecule has 0 aliphatic carbocycles. The third-order valence-corrected chi connectivity index (χ3v) is 5.60. The molecule has 3 rings (SSSR count). The first-order valence-electron chi connectivity index (χ1n) is 8.84. The Morgan fingerprint density at radius 3 is 2.62 bits per heavy atom. The number of ether oxygens (including phenoxy) is 1. The van der Waals surface area contributed by atoms with Gasteiger partial charge in [0.2, 0.25) is 5.91 Å². The van der Waals surface area contributed by atoms with Crippen LogP contribution in [0.3, 0.4) is 0 Å². The van der Waals surface area contributed by atoms with Gasteiger partial charge in [-0.1, -0.05) is 13.8 Å². The summed E-state index contributed by atoms with van der Waals surface area (Å²) in [6.45, 7) is 4.78. The van der Waals surface area contributed by atoms with Crippen molar-refractivity contribution in [2.75, 3.05) is 19.0 Å². The van der Waals surface area contributed by atoms with Crippen molar-refractivity contribution < 1.29 is 14.3 Å². The average Bonchev–Trinajstić information content (AvgIpc) is 3.31. The minimum Gasteiger partial charge on any atom is -0.497 e. The molecule has 1 aliphatic heterocycles. The van der Waals surface area contributed by atoms with Gasteiger partial charge in [-0.25, -0.2) is 0 Å². The molecular weight excluding hydrogens is 348 g/mol. The van der Waals surface area contributed by atoms with Crippen LogP contribution in [0.15, 0.2) is 35.7 Å². The van der Waals surface area contributed by atoms with Gasteiger partial charge >= 0.3 is 0 Å². The smallest absolute Gasteiger partial charge is 0.264 e. The predicted octanol–water partition coefficient (Wildman–Crippen LogP) is 4.12. The minimum absolute atomic E-state index is 0.0314. The van der Waals surface area contributed by atoms with Crippen LogP contribution < -0.4 is 10.1 Å². The van der Waals surface area contributed by atoms with E-state index in [4.69, 9.17) is 4.74 Å².